The topological polar surface area (TPSA) is 102 Å². The first-order valence-electron chi connectivity index (χ1n) is 8.69. The van der Waals surface area contributed by atoms with Gasteiger partial charge in [0.2, 0.25) is 0 Å². The second kappa shape index (κ2) is 7.22. The Labute approximate surface area is 155 Å². The Kier molecular flexibility index (Phi) is 4.98. The number of hydrogen-bond acceptors (Lipinski definition) is 4. The lowest BCUT2D eigenvalue weighted by Crippen LogP contribution is -2.44. The lowest BCUT2D eigenvalue weighted by Gasteiger charge is -2.33. The summed E-state index contributed by atoms with van der Waals surface area (Å²) in [4.78, 5) is 49.7. The quantitative estimate of drug-likeness (QED) is 0.860. The highest BCUT2D eigenvalue weighted by Gasteiger charge is 2.27. The molecule has 2 aromatic rings. The van der Waals surface area contributed by atoms with Crippen molar-refractivity contribution in [2.75, 3.05) is 13.1 Å². The lowest BCUT2D eigenvalue weighted by molar-refractivity contribution is 0.0682. The van der Waals surface area contributed by atoms with E-state index in [0.29, 0.717) is 13.1 Å². The molecule has 1 fully saturated rings. The van der Waals surface area contributed by atoms with Crippen molar-refractivity contribution in [1.82, 2.24) is 14.0 Å². The van der Waals surface area contributed by atoms with Crippen LogP contribution in [0.3, 0.4) is 0 Å². The van der Waals surface area contributed by atoms with Crippen LogP contribution in [0.15, 0.2) is 39.9 Å². The Morgan fingerprint density at radius 2 is 1.85 bits per heavy atom. The van der Waals surface area contributed by atoms with E-state index in [4.69, 9.17) is 0 Å². The third-order valence-electron chi connectivity index (χ3n) is 5.06. The molecule has 1 aromatic heterocycles. The Hall–Kier alpha value is -3.16. The number of benzene rings is 1. The highest BCUT2D eigenvalue weighted by atomic mass is 16.4. The minimum atomic E-state index is -0.990. The summed E-state index contributed by atoms with van der Waals surface area (Å²) in [7, 11) is 2.83. The van der Waals surface area contributed by atoms with E-state index in [1.165, 1.54) is 30.8 Å². The fourth-order valence-corrected chi connectivity index (χ4v) is 3.46. The number of carbonyl (C=O) groups excluding carboxylic acids is 1. The molecule has 0 spiro atoms. The zero-order valence-corrected chi connectivity index (χ0v) is 15.2. The minimum Gasteiger partial charge on any atom is -0.478 e. The molecule has 1 N–H and O–H groups in total. The van der Waals surface area contributed by atoms with Gasteiger partial charge in [-0.25, -0.2) is 9.59 Å². The number of piperidine rings is 1. The smallest absolute Gasteiger partial charge is 0.335 e. The van der Waals surface area contributed by atoms with Gasteiger partial charge in [-0.2, -0.15) is 0 Å². The lowest BCUT2D eigenvalue weighted by atomic mass is 9.89. The van der Waals surface area contributed by atoms with Gasteiger partial charge < -0.3 is 10.0 Å². The number of carboxylic acids is 1. The van der Waals surface area contributed by atoms with Crippen LogP contribution in [0, 0.1) is 0 Å². The summed E-state index contributed by atoms with van der Waals surface area (Å²) in [5.74, 6) is -1.35. The number of carbonyl (C=O) groups is 2. The van der Waals surface area contributed by atoms with Gasteiger partial charge in [0.1, 0.15) is 5.69 Å². The van der Waals surface area contributed by atoms with Crippen LogP contribution < -0.4 is 11.2 Å². The van der Waals surface area contributed by atoms with E-state index in [1.807, 2.05) is 6.07 Å². The maximum atomic E-state index is 12.9. The largest absolute Gasteiger partial charge is 0.478 e. The summed E-state index contributed by atoms with van der Waals surface area (Å²) in [5.41, 5.74) is 0.0657. The molecule has 27 heavy (non-hydrogen) atoms. The number of rotatable bonds is 3. The van der Waals surface area contributed by atoms with Crippen LogP contribution in [-0.2, 0) is 14.1 Å². The van der Waals surface area contributed by atoms with Crippen LogP contribution in [0.5, 0.6) is 0 Å². The average molecular weight is 371 g/mol. The molecule has 0 aliphatic carbocycles. The van der Waals surface area contributed by atoms with E-state index < -0.39 is 17.2 Å². The fraction of sp³-hybridized carbons (Fsp3) is 0.368. The van der Waals surface area contributed by atoms with Crippen LogP contribution in [0.1, 0.15) is 45.2 Å². The first-order valence-corrected chi connectivity index (χ1v) is 8.69. The fourth-order valence-electron chi connectivity index (χ4n) is 3.46. The number of aromatic carboxylic acids is 1. The molecular formula is C19H21N3O5. The van der Waals surface area contributed by atoms with E-state index in [0.717, 1.165) is 23.0 Å². The molecule has 0 bridgehead atoms. The Morgan fingerprint density at radius 3 is 2.56 bits per heavy atom. The molecule has 8 heteroatoms. The first kappa shape index (κ1) is 18.6. The van der Waals surface area contributed by atoms with Crippen molar-refractivity contribution < 1.29 is 14.7 Å². The summed E-state index contributed by atoms with van der Waals surface area (Å²) in [6.07, 6.45) is 1.59. The molecule has 1 atom stereocenters. The average Bonchev–Trinajstić information content (AvgIpc) is 2.68. The normalized spacial score (nSPS) is 17.0. The zero-order chi connectivity index (χ0) is 19.7. The van der Waals surface area contributed by atoms with Gasteiger partial charge in [-0.3, -0.25) is 18.7 Å². The molecule has 1 saturated heterocycles. The number of aromatic nitrogens is 2. The van der Waals surface area contributed by atoms with E-state index in [2.05, 4.69) is 0 Å². The van der Waals surface area contributed by atoms with E-state index in [9.17, 15) is 24.3 Å². The molecule has 1 aliphatic heterocycles. The molecule has 3 rings (SSSR count). The molecular weight excluding hydrogens is 350 g/mol. The summed E-state index contributed by atoms with van der Waals surface area (Å²) in [6.45, 7) is 0.933. The Morgan fingerprint density at radius 1 is 1.11 bits per heavy atom. The third kappa shape index (κ3) is 3.55. The number of likely N-dealkylation sites (tertiary alicyclic amines) is 1. The van der Waals surface area contributed by atoms with Crippen molar-refractivity contribution in [3.63, 3.8) is 0 Å². The number of amides is 1. The SMILES string of the molecule is Cn1c(C(=O)N2CCC[C@H](c3cccc(C(=O)O)c3)C2)cc(=O)n(C)c1=O. The van der Waals surface area contributed by atoms with Crippen molar-refractivity contribution in [1.29, 1.82) is 0 Å². The number of nitrogens with zero attached hydrogens (tertiary/aromatic N) is 3. The monoisotopic (exact) mass is 371 g/mol. The van der Waals surface area contributed by atoms with Crippen molar-refractivity contribution in [2.24, 2.45) is 14.1 Å². The van der Waals surface area contributed by atoms with Crippen molar-refractivity contribution >= 4 is 11.9 Å². The highest BCUT2D eigenvalue weighted by molar-refractivity contribution is 5.92. The van der Waals surface area contributed by atoms with Crippen LogP contribution in [-0.4, -0.2) is 44.1 Å². The maximum Gasteiger partial charge on any atom is 0.335 e. The Bertz CT molecular complexity index is 1020. The molecule has 1 amide bonds. The van der Waals surface area contributed by atoms with Gasteiger partial charge in [-0.1, -0.05) is 12.1 Å². The van der Waals surface area contributed by atoms with Gasteiger partial charge in [-0.05, 0) is 30.5 Å². The van der Waals surface area contributed by atoms with Crippen molar-refractivity contribution in [3.05, 3.63) is 68.0 Å². The number of carboxylic acid groups (broad SMARTS) is 1. The van der Waals surface area contributed by atoms with E-state index >= 15 is 0 Å². The summed E-state index contributed by atoms with van der Waals surface area (Å²) < 4.78 is 2.13. The molecule has 0 radical (unpaired) electrons. The van der Waals surface area contributed by atoms with Gasteiger partial charge in [0.15, 0.2) is 0 Å². The number of hydrogen-bond donors (Lipinski definition) is 1. The van der Waals surface area contributed by atoms with E-state index in [-0.39, 0.29) is 23.1 Å². The third-order valence-corrected chi connectivity index (χ3v) is 5.06. The first-order chi connectivity index (χ1) is 12.8. The predicted octanol–water partition coefficient (Wildman–Crippen LogP) is 0.802. The van der Waals surface area contributed by atoms with Crippen molar-refractivity contribution in [2.45, 2.75) is 18.8 Å². The molecule has 1 aliphatic rings. The minimum absolute atomic E-state index is 0.00516. The van der Waals surface area contributed by atoms with Crippen LogP contribution >= 0.6 is 0 Å². The highest BCUT2D eigenvalue weighted by Crippen LogP contribution is 2.28. The molecule has 0 saturated carbocycles. The summed E-state index contributed by atoms with van der Waals surface area (Å²) in [5, 5.41) is 9.17. The van der Waals surface area contributed by atoms with Crippen LogP contribution in [0.4, 0.5) is 0 Å². The maximum absolute atomic E-state index is 12.9. The Balaban J connectivity index is 1.88. The van der Waals surface area contributed by atoms with Gasteiger partial charge in [0.05, 0.1) is 5.56 Å². The summed E-state index contributed by atoms with van der Waals surface area (Å²) >= 11 is 0. The van der Waals surface area contributed by atoms with E-state index in [1.54, 1.807) is 17.0 Å². The zero-order valence-electron chi connectivity index (χ0n) is 15.2. The second-order valence-electron chi connectivity index (χ2n) is 6.79. The predicted molar refractivity (Wildman–Crippen MR) is 98.2 cm³/mol. The molecule has 8 nitrogen and oxygen atoms in total. The molecule has 2 heterocycles. The second-order valence-corrected chi connectivity index (χ2v) is 6.79. The molecule has 1 aromatic carbocycles. The van der Waals surface area contributed by atoms with Gasteiger partial charge in [-0.15, -0.1) is 0 Å². The standard InChI is InChI=1S/C19H21N3O5/c1-20-15(10-16(23)21(2)19(20)27)17(24)22-8-4-7-14(11-22)12-5-3-6-13(9-12)18(25)26/h3,5-6,9-10,14H,4,7-8,11H2,1-2H3,(H,25,26)/t14-/m0/s1. The van der Waals surface area contributed by atoms with Gasteiger partial charge >= 0.3 is 11.7 Å². The van der Waals surface area contributed by atoms with Crippen molar-refractivity contribution in [3.8, 4) is 0 Å². The van der Waals surface area contributed by atoms with Crippen LogP contribution in [0.2, 0.25) is 0 Å². The van der Waals surface area contributed by atoms with Crippen LogP contribution in [0.25, 0.3) is 0 Å². The van der Waals surface area contributed by atoms with Gasteiger partial charge in [0, 0.05) is 39.2 Å². The molecule has 142 valence electrons. The molecule has 0 unspecified atom stereocenters. The summed E-state index contributed by atoms with van der Waals surface area (Å²) in [6, 6.07) is 7.91. The van der Waals surface area contributed by atoms with Gasteiger partial charge in [0.25, 0.3) is 11.5 Å².